The van der Waals surface area contributed by atoms with Crippen LogP contribution in [-0.2, 0) is 11.2 Å². The van der Waals surface area contributed by atoms with E-state index in [4.69, 9.17) is 4.52 Å². The number of Topliss-reactive ketones (excluding diaryl/α,β-unsaturated/α-hetero) is 1. The molecule has 22 heavy (non-hydrogen) atoms. The molecule has 110 valence electrons. The first-order chi connectivity index (χ1) is 10.6. The van der Waals surface area contributed by atoms with Crippen LogP contribution >= 0.6 is 0 Å². The molecule has 3 rings (SSSR count). The van der Waals surface area contributed by atoms with Crippen LogP contribution in [0, 0.1) is 0 Å². The van der Waals surface area contributed by atoms with Gasteiger partial charge in [0, 0.05) is 16.6 Å². The van der Waals surface area contributed by atoms with Crippen molar-refractivity contribution in [3.8, 4) is 0 Å². The molecule has 1 aromatic heterocycles. The van der Waals surface area contributed by atoms with Crippen molar-refractivity contribution in [2.24, 2.45) is 0 Å². The maximum atomic E-state index is 12.1. The zero-order chi connectivity index (χ0) is 15.5. The van der Waals surface area contributed by atoms with Crippen LogP contribution in [0.15, 0.2) is 53.1 Å². The lowest BCUT2D eigenvalue weighted by Gasteiger charge is -2.05. The molecule has 0 aliphatic heterocycles. The molecule has 3 aromatic rings. The Kier molecular flexibility index (Phi) is 3.70. The van der Waals surface area contributed by atoms with Crippen LogP contribution in [0.2, 0.25) is 0 Å². The Labute approximate surface area is 126 Å². The largest absolute Gasteiger partial charge is 0.356 e. The van der Waals surface area contributed by atoms with Crippen LogP contribution in [-0.4, -0.2) is 16.8 Å². The minimum Gasteiger partial charge on any atom is -0.356 e. The van der Waals surface area contributed by atoms with Crippen molar-refractivity contribution in [1.29, 1.82) is 0 Å². The Morgan fingerprint density at radius 3 is 2.77 bits per heavy atom. The predicted molar refractivity (Wildman–Crippen MR) is 82.8 cm³/mol. The molecule has 0 bridgehead atoms. The number of para-hydroxylation sites is 1. The first-order valence-corrected chi connectivity index (χ1v) is 6.87. The summed E-state index contributed by atoms with van der Waals surface area (Å²) in [5.41, 5.74) is 2.40. The number of ketones is 1. The molecular formula is C17H14N2O3. The molecule has 0 radical (unpaired) electrons. The van der Waals surface area contributed by atoms with E-state index in [0.717, 1.165) is 5.39 Å². The maximum Gasteiger partial charge on any atom is 0.230 e. The van der Waals surface area contributed by atoms with Crippen LogP contribution in [0.3, 0.4) is 0 Å². The molecule has 1 amide bonds. The van der Waals surface area contributed by atoms with E-state index in [9.17, 15) is 9.59 Å². The summed E-state index contributed by atoms with van der Waals surface area (Å²) in [6, 6.07) is 14.2. The van der Waals surface area contributed by atoms with E-state index in [2.05, 4.69) is 10.5 Å². The fourth-order valence-corrected chi connectivity index (χ4v) is 2.24. The summed E-state index contributed by atoms with van der Waals surface area (Å²) in [6.07, 6.45) is 0.112. The van der Waals surface area contributed by atoms with Gasteiger partial charge >= 0.3 is 0 Å². The first-order valence-electron chi connectivity index (χ1n) is 6.87. The highest BCUT2D eigenvalue weighted by atomic mass is 16.5. The van der Waals surface area contributed by atoms with Gasteiger partial charge in [-0.15, -0.1) is 0 Å². The van der Waals surface area contributed by atoms with Crippen molar-refractivity contribution in [1.82, 2.24) is 5.16 Å². The number of nitrogens with zero attached hydrogens (tertiary/aromatic N) is 1. The van der Waals surface area contributed by atoms with Crippen molar-refractivity contribution in [3.63, 3.8) is 0 Å². The zero-order valence-electron chi connectivity index (χ0n) is 12.0. The summed E-state index contributed by atoms with van der Waals surface area (Å²) in [6.45, 7) is 1.49. The zero-order valence-corrected chi connectivity index (χ0v) is 12.0. The van der Waals surface area contributed by atoms with E-state index in [0.29, 0.717) is 22.5 Å². The minimum absolute atomic E-state index is 0.0430. The summed E-state index contributed by atoms with van der Waals surface area (Å²) >= 11 is 0. The quantitative estimate of drug-likeness (QED) is 0.750. The Morgan fingerprint density at radius 1 is 1.14 bits per heavy atom. The predicted octanol–water partition coefficient (Wildman–Crippen LogP) is 3.21. The van der Waals surface area contributed by atoms with Crippen molar-refractivity contribution in [3.05, 3.63) is 59.8 Å². The van der Waals surface area contributed by atoms with Crippen LogP contribution in [0.5, 0.6) is 0 Å². The van der Waals surface area contributed by atoms with Gasteiger partial charge in [-0.25, -0.2) is 0 Å². The van der Waals surface area contributed by atoms with Crippen molar-refractivity contribution in [2.75, 3.05) is 5.32 Å². The molecule has 1 N–H and O–H groups in total. The number of fused-ring (bicyclic) bond motifs is 1. The van der Waals surface area contributed by atoms with Crippen molar-refractivity contribution in [2.45, 2.75) is 13.3 Å². The lowest BCUT2D eigenvalue weighted by Crippen LogP contribution is -2.15. The van der Waals surface area contributed by atoms with Gasteiger partial charge in [-0.1, -0.05) is 29.4 Å². The Balaban J connectivity index is 1.75. The third-order valence-corrected chi connectivity index (χ3v) is 3.33. The lowest BCUT2D eigenvalue weighted by molar-refractivity contribution is -0.115. The number of rotatable bonds is 4. The molecule has 5 heteroatoms. The van der Waals surface area contributed by atoms with E-state index < -0.39 is 0 Å². The summed E-state index contributed by atoms with van der Waals surface area (Å²) < 4.78 is 5.18. The standard InChI is InChI=1S/C17H14N2O3/c1-11(20)12-5-4-6-13(9-12)18-17(21)10-15-14-7-2-3-8-16(14)22-19-15/h2-9H,10H2,1H3,(H,18,21). The Bertz CT molecular complexity index is 852. The number of hydrogen-bond acceptors (Lipinski definition) is 4. The van der Waals surface area contributed by atoms with Crippen LogP contribution in [0.1, 0.15) is 23.0 Å². The Morgan fingerprint density at radius 2 is 1.95 bits per heavy atom. The molecule has 1 heterocycles. The monoisotopic (exact) mass is 294 g/mol. The van der Waals surface area contributed by atoms with Gasteiger partial charge in [-0.2, -0.15) is 0 Å². The van der Waals surface area contributed by atoms with Gasteiger partial charge in [0.1, 0.15) is 5.69 Å². The fourth-order valence-electron chi connectivity index (χ4n) is 2.24. The number of amides is 1. The first kappa shape index (κ1) is 14.0. The van der Waals surface area contributed by atoms with Gasteiger partial charge in [0.05, 0.1) is 6.42 Å². The van der Waals surface area contributed by atoms with E-state index in [1.54, 1.807) is 30.3 Å². The lowest BCUT2D eigenvalue weighted by atomic mass is 10.1. The van der Waals surface area contributed by atoms with Gasteiger partial charge in [0.25, 0.3) is 0 Å². The minimum atomic E-state index is -0.209. The van der Waals surface area contributed by atoms with Gasteiger partial charge in [0.15, 0.2) is 11.4 Å². The summed E-state index contributed by atoms with van der Waals surface area (Å²) in [5.74, 6) is -0.252. The highest BCUT2D eigenvalue weighted by molar-refractivity contribution is 5.98. The molecule has 0 atom stereocenters. The number of aromatic nitrogens is 1. The smallest absolute Gasteiger partial charge is 0.230 e. The van der Waals surface area contributed by atoms with Crippen molar-refractivity contribution < 1.29 is 14.1 Å². The van der Waals surface area contributed by atoms with E-state index in [1.807, 2.05) is 18.2 Å². The molecule has 5 nitrogen and oxygen atoms in total. The second-order valence-corrected chi connectivity index (χ2v) is 4.99. The van der Waals surface area contributed by atoms with Crippen LogP contribution < -0.4 is 5.32 Å². The normalized spacial score (nSPS) is 10.6. The molecule has 0 spiro atoms. The third-order valence-electron chi connectivity index (χ3n) is 3.33. The molecule has 0 fully saturated rings. The van der Waals surface area contributed by atoms with Crippen LogP contribution in [0.4, 0.5) is 5.69 Å². The van der Waals surface area contributed by atoms with Gasteiger partial charge in [-0.05, 0) is 31.2 Å². The third kappa shape index (κ3) is 2.88. The number of carbonyl (C=O) groups is 2. The second kappa shape index (κ2) is 5.81. The molecule has 2 aromatic carbocycles. The van der Waals surface area contributed by atoms with Crippen LogP contribution in [0.25, 0.3) is 11.0 Å². The number of carbonyl (C=O) groups excluding carboxylic acids is 2. The van der Waals surface area contributed by atoms with E-state index >= 15 is 0 Å². The topological polar surface area (TPSA) is 72.2 Å². The Hall–Kier alpha value is -2.95. The average Bonchev–Trinajstić information content (AvgIpc) is 2.91. The average molecular weight is 294 g/mol. The number of hydrogen-bond donors (Lipinski definition) is 1. The summed E-state index contributed by atoms with van der Waals surface area (Å²) in [4.78, 5) is 23.5. The molecule has 0 unspecified atom stereocenters. The van der Waals surface area contributed by atoms with Gasteiger partial charge < -0.3 is 9.84 Å². The van der Waals surface area contributed by atoms with Gasteiger partial charge in [-0.3, -0.25) is 9.59 Å². The second-order valence-electron chi connectivity index (χ2n) is 4.99. The maximum absolute atomic E-state index is 12.1. The number of anilines is 1. The fraction of sp³-hybridized carbons (Fsp3) is 0.118. The highest BCUT2D eigenvalue weighted by Gasteiger charge is 2.12. The van der Waals surface area contributed by atoms with Gasteiger partial charge in [0.2, 0.25) is 5.91 Å². The number of benzene rings is 2. The molecule has 0 saturated heterocycles. The summed E-state index contributed by atoms with van der Waals surface area (Å²) in [7, 11) is 0. The molecule has 0 aliphatic carbocycles. The highest BCUT2D eigenvalue weighted by Crippen LogP contribution is 2.19. The van der Waals surface area contributed by atoms with E-state index in [1.165, 1.54) is 6.92 Å². The number of nitrogens with one attached hydrogen (secondary N) is 1. The summed E-state index contributed by atoms with van der Waals surface area (Å²) in [5, 5.41) is 7.53. The molecule has 0 saturated carbocycles. The molecular weight excluding hydrogens is 280 g/mol. The van der Waals surface area contributed by atoms with Crippen molar-refractivity contribution >= 4 is 28.3 Å². The van der Waals surface area contributed by atoms with E-state index in [-0.39, 0.29) is 18.1 Å². The molecule has 0 aliphatic rings. The SMILES string of the molecule is CC(=O)c1cccc(NC(=O)Cc2noc3ccccc23)c1.